The topological polar surface area (TPSA) is 38.3 Å². The smallest absolute Gasteiger partial charge is 0.408 e. The molecule has 0 saturated heterocycles. The zero-order chi connectivity index (χ0) is 17.8. The average molecular weight is 325 g/mol. The van der Waals surface area contributed by atoms with Gasteiger partial charge in [-0.1, -0.05) is 75.4 Å². The van der Waals surface area contributed by atoms with Crippen LogP contribution in [0.5, 0.6) is 0 Å². The number of hydrogen-bond donors (Lipinski definition) is 1. The highest BCUT2D eigenvalue weighted by Crippen LogP contribution is 2.26. The summed E-state index contributed by atoms with van der Waals surface area (Å²) in [4.78, 5) is 12.1. The quantitative estimate of drug-likeness (QED) is 0.844. The fraction of sp³-hybridized carbons (Fsp3) is 0.381. The van der Waals surface area contributed by atoms with Crippen molar-refractivity contribution in [1.29, 1.82) is 0 Å². The van der Waals surface area contributed by atoms with E-state index < -0.39 is 11.6 Å². The lowest BCUT2D eigenvalue weighted by atomic mass is 9.84. The van der Waals surface area contributed by atoms with Crippen LogP contribution in [0.4, 0.5) is 4.79 Å². The molecule has 0 aliphatic heterocycles. The van der Waals surface area contributed by atoms with Crippen molar-refractivity contribution in [1.82, 2.24) is 5.32 Å². The summed E-state index contributed by atoms with van der Waals surface area (Å²) in [6.07, 6.45) is -0.413. The number of rotatable bonds is 4. The average Bonchev–Trinajstić information content (AvgIpc) is 2.53. The Morgan fingerprint density at radius 3 is 1.96 bits per heavy atom. The Bertz CT molecular complexity index is 667. The summed E-state index contributed by atoms with van der Waals surface area (Å²) in [6, 6.07) is 18.0. The molecule has 1 amide bonds. The lowest BCUT2D eigenvalue weighted by molar-refractivity contribution is 0.129. The molecule has 24 heavy (non-hydrogen) atoms. The van der Waals surface area contributed by atoms with Crippen LogP contribution in [0.2, 0.25) is 0 Å². The molecule has 0 aliphatic rings. The predicted octanol–water partition coefficient (Wildman–Crippen LogP) is 5.15. The lowest BCUT2D eigenvalue weighted by Crippen LogP contribution is -2.41. The molecule has 0 bridgehead atoms. The monoisotopic (exact) mass is 325 g/mol. The van der Waals surface area contributed by atoms with E-state index in [2.05, 4.69) is 50.4 Å². The van der Waals surface area contributed by atoms with Gasteiger partial charge in [-0.3, -0.25) is 0 Å². The number of alkyl carbamates (subject to hydrolysis) is 1. The molecule has 0 aliphatic carbocycles. The van der Waals surface area contributed by atoms with Crippen LogP contribution in [0.1, 0.15) is 51.3 Å². The second kappa shape index (κ2) is 7.08. The zero-order valence-electron chi connectivity index (χ0n) is 15.2. The van der Waals surface area contributed by atoms with E-state index in [1.54, 1.807) is 0 Å². The van der Waals surface area contributed by atoms with Crippen molar-refractivity contribution in [2.24, 2.45) is 0 Å². The number of amides is 1. The Morgan fingerprint density at radius 2 is 1.42 bits per heavy atom. The molecule has 0 heterocycles. The zero-order valence-corrected chi connectivity index (χ0v) is 15.2. The van der Waals surface area contributed by atoms with Gasteiger partial charge in [0.25, 0.3) is 0 Å². The molecule has 3 nitrogen and oxygen atoms in total. The van der Waals surface area contributed by atoms with Gasteiger partial charge in [-0.05, 0) is 36.0 Å². The first-order valence-electron chi connectivity index (χ1n) is 8.28. The Hall–Kier alpha value is -2.29. The number of carbonyl (C=O) groups excluding carboxylic acids is 1. The largest absolute Gasteiger partial charge is 0.445 e. The van der Waals surface area contributed by atoms with Crippen LogP contribution in [0.15, 0.2) is 54.6 Å². The first-order chi connectivity index (χ1) is 11.2. The summed E-state index contributed by atoms with van der Waals surface area (Å²) in [5.41, 5.74) is 2.91. The van der Waals surface area contributed by atoms with Gasteiger partial charge in [0.1, 0.15) is 6.61 Å². The van der Waals surface area contributed by atoms with E-state index in [4.69, 9.17) is 4.74 Å². The minimum absolute atomic E-state index is 0.116. The van der Waals surface area contributed by atoms with Crippen LogP contribution >= 0.6 is 0 Å². The molecule has 0 fully saturated rings. The van der Waals surface area contributed by atoms with Crippen molar-refractivity contribution >= 4 is 6.09 Å². The number of hydrogen-bond acceptors (Lipinski definition) is 2. The summed E-state index contributed by atoms with van der Waals surface area (Å²) in [5, 5.41) is 2.94. The van der Waals surface area contributed by atoms with Crippen LogP contribution in [0.25, 0.3) is 0 Å². The van der Waals surface area contributed by atoms with Gasteiger partial charge in [0.05, 0.1) is 5.54 Å². The maximum Gasteiger partial charge on any atom is 0.408 e. The first kappa shape index (κ1) is 18.1. The standard InChI is InChI=1S/C21H27NO2/c1-20(2,3)17-11-13-18(14-12-17)21(4,5)22-19(23)24-15-16-9-7-6-8-10-16/h6-14H,15H2,1-5H3,(H,22,23). The number of ether oxygens (including phenoxy) is 1. The van der Waals surface area contributed by atoms with E-state index in [0.717, 1.165) is 11.1 Å². The molecule has 0 atom stereocenters. The fourth-order valence-electron chi connectivity index (χ4n) is 2.47. The third kappa shape index (κ3) is 4.85. The van der Waals surface area contributed by atoms with Crippen molar-refractivity contribution in [3.63, 3.8) is 0 Å². The highest BCUT2D eigenvalue weighted by atomic mass is 16.5. The molecule has 3 heteroatoms. The molecule has 1 N–H and O–H groups in total. The summed E-state index contributed by atoms with van der Waals surface area (Å²) in [6.45, 7) is 10.8. The summed E-state index contributed by atoms with van der Waals surface area (Å²) in [7, 11) is 0. The minimum Gasteiger partial charge on any atom is -0.445 e. The third-order valence-electron chi connectivity index (χ3n) is 4.10. The van der Waals surface area contributed by atoms with Crippen molar-refractivity contribution < 1.29 is 9.53 Å². The number of benzene rings is 2. The van der Waals surface area contributed by atoms with Crippen molar-refractivity contribution in [2.75, 3.05) is 0 Å². The SMILES string of the molecule is CC(C)(C)c1ccc(C(C)(C)NC(=O)OCc2ccccc2)cc1. The maximum absolute atomic E-state index is 12.1. The van der Waals surface area contributed by atoms with Gasteiger partial charge in [-0.15, -0.1) is 0 Å². The van der Waals surface area contributed by atoms with Gasteiger partial charge < -0.3 is 10.1 Å². The first-order valence-corrected chi connectivity index (χ1v) is 8.28. The number of nitrogens with one attached hydrogen (secondary N) is 1. The van der Waals surface area contributed by atoms with Crippen LogP contribution in [0, 0.1) is 0 Å². The highest BCUT2D eigenvalue weighted by Gasteiger charge is 2.24. The maximum atomic E-state index is 12.1. The molecule has 0 aromatic heterocycles. The fourth-order valence-corrected chi connectivity index (χ4v) is 2.47. The summed E-state index contributed by atoms with van der Waals surface area (Å²) < 4.78 is 5.31. The molecule has 0 radical (unpaired) electrons. The number of carbonyl (C=O) groups is 1. The van der Waals surface area contributed by atoms with Crippen LogP contribution in [0.3, 0.4) is 0 Å². The highest BCUT2D eigenvalue weighted by molar-refractivity contribution is 5.68. The van der Waals surface area contributed by atoms with E-state index in [-0.39, 0.29) is 12.0 Å². The van der Waals surface area contributed by atoms with Gasteiger partial charge in [0.2, 0.25) is 0 Å². The molecule has 2 aromatic carbocycles. The molecule has 2 rings (SSSR count). The molecule has 128 valence electrons. The molecular weight excluding hydrogens is 298 g/mol. The van der Waals surface area contributed by atoms with Crippen molar-refractivity contribution in [3.05, 3.63) is 71.3 Å². The van der Waals surface area contributed by atoms with E-state index in [1.807, 2.05) is 44.2 Å². The molecule has 0 saturated carbocycles. The van der Waals surface area contributed by atoms with Gasteiger partial charge >= 0.3 is 6.09 Å². The van der Waals surface area contributed by atoms with Gasteiger partial charge in [-0.25, -0.2) is 4.79 Å². The van der Waals surface area contributed by atoms with E-state index in [9.17, 15) is 4.79 Å². The van der Waals surface area contributed by atoms with Crippen LogP contribution in [-0.2, 0) is 22.3 Å². The Morgan fingerprint density at radius 1 is 0.875 bits per heavy atom. The predicted molar refractivity (Wildman–Crippen MR) is 97.9 cm³/mol. The third-order valence-corrected chi connectivity index (χ3v) is 4.10. The Balaban J connectivity index is 1.98. The van der Waals surface area contributed by atoms with Gasteiger partial charge in [0.15, 0.2) is 0 Å². The minimum atomic E-state index is -0.496. The lowest BCUT2D eigenvalue weighted by Gasteiger charge is -2.28. The second-order valence-electron chi connectivity index (χ2n) is 7.64. The molecular formula is C21H27NO2. The molecule has 0 unspecified atom stereocenters. The molecule has 2 aromatic rings. The van der Waals surface area contributed by atoms with Crippen LogP contribution in [-0.4, -0.2) is 6.09 Å². The Kier molecular flexibility index (Phi) is 5.33. The van der Waals surface area contributed by atoms with Gasteiger partial charge in [0, 0.05) is 0 Å². The summed E-state index contributed by atoms with van der Waals surface area (Å²) >= 11 is 0. The van der Waals surface area contributed by atoms with Crippen molar-refractivity contribution in [2.45, 2.75) is 52.2 Å². The van der Waals surface area contributed by atoms with E-state index in [0.29, 0.717) is 0 Å². The Labute approximate surface area is 145 Å². The van der Waals surface area contributed by atoms with Crippen LogP contribution < -0.4 is 5.32 Å². The second-order valence-corrected chi connectivity index (χ2v) is 7.64. The normalized spacial score (nSPS) is 11.9. The molecule has 0 spiro atoms. The van der Waals surface area contributed by atoms with E-state index >= 15 is 0 Å². The van der Waals surface area contributed by atoms with Crippen molar-refractivity contribution in [3.8, 4) is 0 Å². The van der Waals surface area contributed by atoms with E-state index in [1.165, 1.54) is 5.56 Å². The van der Waals surface area contributed by atoms with Gasteiger partial charge in [-0.2, -0.15) is 0 Å². The summed E-state index contributed by atoms with van der Waals surface area (Å²) in [5.74, 6) is 0.